The molecule has 0 radical (unpaired) electrons. The molecule has 3 heteroatoms. The Morgan fingerprint density at radius 2 is 2.00 bits per heavy atom. The maximum Gasteiger partial charge on any atom is 0.133 e. The summed E-state index contributed by atoms with van der Waals surface area (Å²) in [5.74, 6) is 1.27. The van der Waals surface area contributed by atoms with Gasteiger partial charge >= 0.3 is 0 Å². The summed E-state index contributed by atoms with van der Waals surface area (Å²) in [5.41, 5.74) is 1.48. The van der Waals surface area contributed by atoms with E-state index in [1.54, 1.807) is 0 Å². The van der Waals surface area contributed by atoms with Crippen LogP contribution in [0.2, 0.25) is 0 Å². The molecule has 1 atom stereocenters. The van der Waals surface area contributed by atoms with Crippen molar-refractivity contribution in [3.8, 4) is 0 Å². The number of anilines is 1. The lowest BCUT2D eigenvalue weighted by Gasteiger charge is -2.32. The molecule has 2 saturated heterocycles. The summed E-state index contributed by atoms with van der Waals surface area (Å²) in [7, 11) is 0. The Labute approximate surface area is 129 Å². The van der Waals surface area contributed by atoms with E-state index in [1.165, 1.54) is 82.5 Å². The summed E-state index contributed by atoms with van der Waals surface area (Å²) in [4.78, 5) is 9.97. The van der Waals surface area contributed by atoms with Crippen LogP contribution in [0.1, 0.15) is 63.5 Å². The zero-order chi connectivity index (χ0) is 14.5. The predicted octanol–water partition coefficient (Wildman–Crippen LogP) is 4.01. The minimum absolute atomic E-state index is 0.599. The van der Waals surface area contributed by atoms with Gasteiger partial charge in [0.2, 0.25) is 0 Å². The molecule has 0 aliphatic carbocycles. The second kappa shape index (κ2) is 7.26. The summed E-state index contributed by atoms with van der Waals surface area (Å²) in [6.07, 6.45) is 11.2. The third-order valence-corrected chi connectivity index (χ3v) is 4.99. The minimum atomic E-state index is 0.599. The van der Waals surface area contributed by atoms with Gasteiger partial charge in [0.25, 0.3) is 0 Å². The fourth-order valence-corrected chi connectivity index (χ4v) is 3.85. The monoisotopic (exact) mass is 287 g/mol. The lowest BCUT2D eigenvalue weighted by Crippen LogP contribution is -2.33. The van der Waals surface area contributed by atoms with E-state index in [2.05, 4.69) is 28.9 Å². The molecule has 2 aliphatic heterocycles. The first-order chi connectivity index (χ1) is 10.4. The van der Waals surface area contributed by atoms with E-state index in [4.69, 9.17) is 4.98 Å². The van der Waals surface area contributed by atoms with Crippen LogP contribution in [0.3, 0.4) is 0 Å². The highest BCUT2D eigenvalue weighted by Gasteiger charge is 2.29. The molecule has 0 amide bonds. The quantitative estimate of drug-likeness (QED) is 0.815. The van der Waals surface area contributed by atoms with Crippen LogP contribution in [0.4, 0.5) is 5.82 Å². The van der Waals surface area contributed by atoms with Crippen molar-refractivity contribution in [2.24, 2.45) is 0 Å². The predicted molar refractivity (Wildman–Crippen MR) is 88.8 cm³/mol. The molecule has 0 spiro atoms. The molecule has 3 rings (SSSR count). The van der Waals surface area contributed by atoms with Crippen molar-refractivity contribution in [2.75, 3.05) is 31.1 Å². The maximum atomic E-state index is 4.76. The van der Waals surface area contributed by atoms with E-state index in [-0.39, 0.29) is 0 Å². The summed E-state index contributed by atoms with van der Waals surface area (Å²) >= 11 is 0. The Bertz CT molecular complexity index is 440. The number of unbranched alkanes of at least 4 members (excludes halogenated alkanes) is 1. The molecule has 0 N–H and O–H groups in total. The van der Waals surface area contributed by atoms with Crippen LogP contribution >= 0.6 is 0 Å². The van der Waals surface area contributed by atoms with E-state index in [9.17, 15) is 0 Å². The van der Waals surface area contributed by atoms with Crippen molar-refractivity contribution in [1.29, 1.82) is 0 Å². The van der Waals surface area contributed by atoms with Crippen molar-refractivity contribution in [2.45, 2.75) is 57.9 Å². The topological polar surface area (TPSA) is 19.4 Å². The number of nitrogens with zero attached hydrogens (tertiary/aromatic N) is 3. The fraction of sp³-hybridized carbons (Fsp3) is 0.722. The first-order valence-electron chi connectivity index (χ1n) is 8.84. The van der Waals surface area contributed by atoms with Crippen molar-refractivity contribution in [3.63, 3.8) is 0 Å². The average Bonchev–Trinajstić information content (AvgIpc) is 3.02. The molecular formula is C18H29N3. The molecule has 0 bridgehead atoms. The Morgan fingerprint density at radius 1 is 1.14 bits per heavy atom. The molecule has 1 aromatic rings. The molecule has 116 valence electrons. The van der Waals surface area contributed by atoms with Gasteiger partial charge in [-0.2, -0.15) is 0 Å². The van der Waals surface area contributed by atoms with Gasteiger partial charge in [-0.15, -0.1) is 0 Å². The second-order valence-electron chi connectivity index (χ2n) is 6.51. The summed E-state index contributed by atoms with van der Waals surface area (Å²) < 4.78 is 0. The van der Waals surface area contributed by atoms with Crippen LogP contribution < -0.4 is 4.90 Å². The number of likely N-dealkylation sites (tertiary alicyclic amines) is 1. The van der Waals surface area contributed by atoms with Crippen LogP contribution in [-0.2, 0) is 0 Å². The van der Waals surface area contributed by atoms with Crippen LogP contribution in [0.25, 0.3) is 0 Å². The third-order valence-electron chi connectivity index (χ3n) is 4.99. The van der Waals surface area contributed by atoms with Crippen molar-refractivity contribution >= 4 is 5.82 Å². The van der Waals surface area contributed by atoms with E-state index in [0.717, 1.165) is 0 Å². The lowest BCUT2D eigenvalue weighted by atomic mass is 10.0. The molecule has 2 aliphatic rings. The largest absolute Gasteiger partial charge is 0.356 e. The minimum Gasteiger partial charge on any atom is -0.356 e. The van der Waals surface area contributed by atoms with Gasteiger partial charge in [-0.25, -0.2) is 4.98 Å². The van der Waals surface area contributed by atoms with E-state index in [0.29, 0.717) is 6.04 Å². The van der Waals surface area contributed by atoms with Gasteiger partial charge in [0.1, 0.15) is 5.82 Å². The zero-order valence-electron chi connectivity index (χ0n) is 13.4. The number of aromatic nitrogens is 1. The van der Waals surface area contributed by atoms with Gasteiger partial charge in [-0.3, -0.25) is 4.90 Å². The molecule has 0 aromatic carbocycles. The van der Waals surface area contributed by atoms with Crippen LogP contribution in [-0.4, -0.2) is 36.1 Å². The smallest absolute Gasteiger partial charge is 0.133 e. The first kappa shape index (κ1) is 14.8. The molecule has 1 aromatic heterocycles. The molecule has 21 heavy (non-hydrogen) atoms. The number of hydrogen-bond acceptors (Lipinski definition) is 3. The second-order valence-corrected chi connectivity index (χ2v) is 6.51. The Hall–Kier alpha value is -1.09. The maximum absolute atomic E-state index is 4.76. The van der Waals surface area contributed by atoms with E-state index >= 15 is 0 Å². The highest BCUT2D eigenvalue weighted by Crippen LogP contribution is 2.37. The van der Waals surface area contributed by atoms with Crippen molar-refractivity contribution < 1.29 is 0 Å². The number of pyridine rings is 1. The van der Waals surface area contributed by atoms with Crippen LogP contribution in [0, 0.1) is 0 Å². The highest BCUT2D eigenvalue weighted by atomic mass is 15.2. The van der Waals surface area contributed by atoms with Crippen LogP contribution in [0.5, 0.6) is 0 Å². The zero-order valence-corrected chi connectivity index (χ0v) is 13.4. The van der Waals surface area contributed by atoms with Gasteiger partial charge in [-0.05, 0) is 57.7 Å². The first-order valence-corrected chi connectivity index (χ1v) is 8.84. The van der Waals surface area contributed by atoms with Gasteiger partial charge in [0.15, 0.2) is 0 Å². The van der Waals surface area contributed by atoms with Gasteiger partial charge in [0, 0.05) is 30.9 Å². The third kappa shape index (κ3) is 3.39. The summed E-state index contributed by atoms with van der Waals surface area (Å²) in [6.45, 7) is 7.17. The van der Waals surface area contributed by atoms with Crippen molar-refractivity contribution in [3.05, 3.63) is 23.9 Å². The molecule has 3 nitrogen and oxygen atoms in total. The Morgan fingerprint density at radius 3 is 2.81 bits per heavy atom. The fourth-order valence-electron chi connectivity index (χ4n) is 3.85. The highest BCUT2D eigenvalue weighted by molar-refractivity contribution is 5.49. The summed E-state index contributed by atoms with van der Waals surface area (Å²) in [5, 5.41) is 0. The molecule has 0 saturated carbocycles. The van der Waals surface area contributed by atoms with Gasteiger partial charge < -0.3 is 4.90 Å². The average molecular weight is 287 g/mol. The normalized spacial score (nSPS) is 23.7. The van der Waals surface area contributed by atoms with E-state index in [1.807, 2.05) is 6.20 Å². The lowest BCUT2D eigenvalue weighted by molar-refractivity contribution is 0.253. The number of hydrogen-bond donors (Lipinski definition) is 0. The van der Waals surface area contributed by atoms with Crippen molar-refractivity contribution in [1.82, 2.24) is 9.88 Å². The number of rotatable bonds is 5. The molecule has 3 heterocycles. The standard InChI is InChI=1S/C18H29N3/c1-2-3-12-20-15-8-10-17(20)16-9-7-11-19-18(16)21-13-5-4-6-14-21/h7,9,11,17H,2-6,8,10,12-15H2,1H3. The van der Waals surface area contributed by atoms with Gasteiger partial charge in [0.05, 0.1) is 0 Å². The SMILES string of the molecule is CCCCN1CCCC1c1cccnc1N1CCCCC1. The van der Waals surface area contributed by atoms with Gasteiger partial charge in [-0.1, -0.05) is 19.4 Å². The molecule has 2 fully saturated rings. The molecular weight excluding hydrogens is 258 g/mol. The Balaban J connectivity index is 1.80. The van der Waals surface area contributed by atoms with Crippen LogP contribution in [0.15, 0.2) is 18.3 Å². The molecule has 1 unspecified atom stereocenters. The Kier molecular flexibility index (Phi) is 5.13. The number of piperidine rings is 1. The van der Waals surface area contributed by atoms with E-state index < -0.39 is 0 Å². The summed E-state index contributed by atoms with van der Waals surface area (Å²) in [6, 6.07) is 5.05.